The molecule has 0 bridgehead atoms. The van der Waals surface area contributed by atoms with E-state index in [1.54, 1.807) is 0 Å². The van der Waals surface area contributed by atoms with Gasteiger partial charge in [-0.2, -0.15) is 0 Å². The van der Waals surface area contributed by atoms with E-state index in [0.717, 1.165) is 0 Å². The number of halogens is 2. The van der Waals surface area contributed by atoms with E-state index in [2.05, 4.69) is 9.47 Å². The average Bonchev–Trinajstić information content (AvgIpc) is 2.16. The number of carbonyl (C=O) groups excluding carboxylic acids is 2. The molecule has 0 amide bonds. The van der Waals surface area contributed by atoms with Gasteiger partial charge in [0.25, 0.3) is 0 Å². The Morgan fingerprint density at radius 3 is 1.75 bits per heavy atom. The molecule has 1 unspecified atom stereocenters. The minimum Gasteiger partial charge on any atom is -0.463 e. The van der Waals surface area contributed by atoms with Gasteiger partial charge in [-0.1, -0.05) is 0 Å². The summed E-state index contributed by atoms with van der Waals surface area (Å²) in [6.07, 6.45) is 0. The van der Waals surface area contributed by atoms with Gasteiger partial charge in [0.05, 0.1) is 19.3 Å². The van der Waals surface area contributed by atoms with Gasteiger partial charge in [-0.05, 0) is 20.8 Å². The SMILES string of the molecule is CCOC(=O)C(F)(C(=O)OCC)C(C)N.Cl. The second kappa shape index (κ2) is 7.40. The van der Waals surface area contributed by atoms with Crippen molar-refractivity contribution in [3.8, 4) is 0 Å². The summed E-state index contributed by atoms with van der Waals surface area (Å²) in [5.41, 5.74) is 2.33. The highest BCUT2D eigenvalue weighted by Gasteiger charge is 2.53. The third kappa shape index (κ3) is 3.61. The van der Waals surface area contributed by atoms with E-state index in [1.807, 2.05) is 0 Å². The van der Waals surface area contributed by atoms with Crippen LogP contribution in [0.1, 0.15) is 20.8 Å². The number of rotatable bonds is 5. The molecule has 2 N–H and O–H groups in total. The van der Waals surface area contributed by atoms with Gasteiger partial charge in [0.2, 0.25) is 0 Å². The van der Waals surface area contributed by atoms with E-state index >= 15 is 0 Å². The zero-order valence-electron chi connectivity index (χ0n) is 9.49. The number of hydrogen-bond acceptors (Lipinski definition) is 5. The first-order valence-electron chi connectivity index (χ1n) is 4.70. The van der Waals surface area contributed by atoms with Crippen LogP contribution in [-0.2, 0) is 19.1 Å². The maximum atomic E-state index is 14.0. The number of nitrogens with two attached hydrogens (primary N) is 1. The monoisotopic (exact) mass is 257 g/mol. The van der Waals surface area contributed by atoms with Crippen molar-refractivity contribution < 1.29 is 23.5 Å². The standard InChI is InChI=1S/C9H16FNO4.ClH/c1-4-14-7(12)9(10,6(3)11)8(13)15-5-2;/h6H,4-5,11H2,1-3H3;1H. The van der Waals surface area contributed by atoms with E-state index < -0.39 is 23.6 Å². The topological polar surface area (TPSA) is 78.6 Å². The molecular formula is C9H17ClFNO4. The van der Waals surface area contributed by atoms with Gasteiger partial charge >= 0.3 is 17.6 Å². The summed E-state index contributed by atoms with van der Waals surface area (Å²) in [6.45, 7) is 4.15. The highest BCUT2D eigenvalue weighted by atomic mass is 35.5. The van der Waals surface area contributed by atoms with Crippen molar-refractivity contribution in [2.75, 3.05) is 13.2 Å². The molecule has 0 aliphatic heterocycles. The van der Waals surface area contributed by atoms with Crippen molar-refractivity contribution in [2.24, 2.45) is 5.73 Å². The Labute approximate surface area is 99.9 Å². The van der Waals surface area contributed by atoms with E-state index in [4.69, 9.17) is 5.73 Å². The minimum absolute atomic E-state index is 0. The van der Waals surface area contributed by atoms with E-state index in [9.17, 15) is 14.0 Å². The molecule has 1 atom stereocenters. The fourth-order valence-corrected chi connectivity index (χ4v) is 0.927. The molecule has 7 heteroatoms. The Bertz CT molecular complexity index is 230. The lowest BCUT2D eigenvalue weighted by atomic mass is 9.99. The van der Waals surface area contributed by atoms with Crippen molar-refractivity contribution in [1.82, 2.24) is 0 Å². The molecule has 0 saturated carbocycles. The molecule has 0 aliphatic rings. The van der Waals surface area contributed by atoms with Crippen molar-refractivity contribution >= 4 is 24.3 Å². The van der Waals surface area contributed by atoms with Crippen LogP contribution >= 0.6 is 12.4 Å². The number of alkyl halides is 1. The van der Waals surface area contributed by atoms with Crippen LogP contribution in [0.3, 0.4) is 0 Å². The molecule has 0 aromatic carbocycles. The number of ether oxygens (including phenoxy) is 2. The minimum atomic E-state index is -2.92. The molecule has 0 aromatic rings. The highest BCUT2D eigenvalue weighted by molar-refractivity contribution is 6.04. The first kappa shape index (κ1) is 17.5. The smallest absolute Gasteiger partial charge is 0.357 e. The van der Waals surface area contributed by atoms with E-state index in [1.165, 1.54) is 20.8 Å². The van der Waals surface area contributed by atoms with Gasteiger partial charge in [-0.15, -0.1) is 12.4 Å². The summed E-state index contributed by atoms with van der Waals surface area (Å²) in [6, 6.07) is -1.32. The van der Waals surface area contributed by atoms with Gasteiger partial charge in [0, 0.05) is 0 Å². The summed E-state index contributed by atoms with van der Waals surface area (Å²) in [4.78, 5) is 22.5. The first-order chi connectivity index (χ1) is 6.91. The molecule has 0 aromatic heterocycles. The zero-order valence-corrected chi connectivity index (χ0v) is 10.3. The van der Waals surface area contributed by atoms with Crippen LogP contribution in [0.25, 0.3) is 0 Å². The molecule has 0 heterocycles. The van der Waals surface area contributed by atoms with E-state index in [0.29, 0.717) is 0 Å². The van der Waals surface area contributed by atoms with Crippen molar-refractivity contribution in [2.45, 2.75) is 32.5 Å². The third-order valence-corrected chi connectivity index (χ3v) is 1.77. The zero-order chi connectivity index (χ0) is 12.1. The van der Waals surface area contributed by atoms with Crippen LogP contribution in [0.15, 0.2) is 0 Å². The lowest BCUT2D eigenvalue weighted by Gasteiger charge is -2.24. The summed E-state index contributed by atoms with van der Waals surface area (Å²) in [5, 5.41) is 0. The first-order valence-corrected chi connectivity index (χ1v) is 4.70. The molecule has 96 valence electrons. The number of carbonyl (C=O) groups is 2. The Hall–Kier alpha value is -0.880. The van der Waals surface area contributed by atoms with Crippen LogP contribution < -0.4 is 5.73 Å². The summed E-state index contributed by atoms with van der Waals surface area (Å²) >= 11 is 0. The predicted octanol–water partition coefficient (Wildman–Crippen LogP) is 0.590. The molecule has 0 aliphatic carbocycles. The van der Waals surface area contributed by atoms with Crippen LogP contribution in [0.2, 0.25) is 0 Å². The molecule has 0 saturated heterocycles. The summed E-state index contributed by atoms with van der Waals surface area (Å²) in [5.74, 6) is -2.61. The van der Waals surface area contributed by atoms with Crippen LogP contribution in [0, 0.1) is 0 Å². The summed E-state index contributed by atoms with van der Waals surface area (Å²) in [7, 11) is 0. The predicted molar refractivity (Wildman–Crippen MR) is 58.0 cm³/mol. The maximum Gasteiger partial charge on any atom is 0.357 e. The highest BCUT2D eigenvalue weighted by Crippen LogP contribution is 2.19. The molecule has 0 radical (unpaired) electrons. The summed E-state index contributed by atoms with van der Waals surface area (Å²) < 4.78 is 22.9. The molecule has 16 heavy (non-hydrogen) atoms. The lowest BCUT2D eigenvalue weighted by molar-refractivity contribution is -0.175. The molecule has 0 fully saturated rings. The fourth-order valence-electron chi connectivity index (χ4n) is 0.927. The van der Waals surface area contributed by atoms with Crippen LogP contribution in [0.5, 0.6) is 0 Å². The van der Waals surface area contributed by atoms with Crippen molar-refractivity contribution in [3.05, 3.63) is 0 Å². The maximum absolute atomic E-state index is 14.0. The quantitative estimate of drug-likeness (QED) is 0.576. The molecule has 0 spiro atoms. The fraction of sp³-hybridized carbons (Fsp3) is 0.778. The van der Waals surface area contributed by atoms with Gasteiger partial charge in [-0.25, -0.2) is 14.0 Å². The Morgan fingerprint density at radius 2 is 1.56 bits per heavy atom. The van der Waals surface area contributed by atoms with Crippen molar-refractivity contribution in [3.63, 3.8) is 0 Å². The largest absolute Gasteiger partial charge is 0.463 e. The number of esters is 2. The molecule has 5 nitrogen and oxygen atoms in total. The Morgan fingerprint density at radius 1 is 1.25 bits per heavy atom. The Kier molecular flexibility index (Phi) is 8.10. The van der Waals surface area contributed by atoms with Gasteiger partial charge in [0.15, 0.2) is 0 Å². The number of hydrogen-bond donors (Lipinski definition) is 1. The molecule has 0 rings (SSSR count). The van der Waals surface area contributed by atoms with Gasteiger partial charge in [-0.3, -0.25) is 0 Å². The second-order valence-electron chi connectivity index (χ2n) is 2.94. The Balaban J connectivity index is 0. The van der Waals surface area contributed by atoms with Gasteiger partial charge in [0.1, 0.15) is 0 Å². The lowest BCUT2D eigenvalue weighted by Crippen LogP contribution is -2.56. The van der Waals surface area contributed by atoms with Gasteiger partial charge < -0.3 is 15.2 Å². The second-order valence-corrected chi connectivity index (χ2v) is 2.94. The van der Waals surface area contributed by atoms with E-state index in [-0.39, 0.29) is 25.6 Å². The van der Waals surface area contributed by atoms with Crippen LogP contribution in [0.4, 0.5) is 4.39 Å². The van der Waals surface area contributed by atoms with Crippen molar-refractivity contribution in [1.29, 1.82) is 0 Å². The average molecular weight is 258 g/mol. The third-order valence-electron chi connectivity index (χ3n) is 1.77. The normalized spacial score (nSPS) is 12.3. The van der Waals surface area contributed by atoms with Crippen LogP contribution in [-0.4, -0.2) is 36.9 Å². The molecular weight excluding hydrogens is 241 g/mol.